The first-order valence-electron chi connectivity index (χ1n) is 10.0. The van der Waals surface area contributed by atoms with Crippen molar-refractivity contribution in [1.29, 1.82) is 0 Å². The largest absolute Gasteiger partial charge is 0.493 e. The van der Waals surface area contributed by atoms with Crippen molar-refractivity contribution in [2.45, 2.75) is 19.2 Å². The molecule has 0 aliphatic carbocycles. The molecule has 0 aliphatic rings. The molecule has 1 atom stereocenters. The van der Waals surface area contributed by atoms with E-state index in [0.717, 1.165) is 11.3 Å². The van der Waals surface area contributed by atoms with E-state index >= 15 is 0 Å². The summed E-state index contributed by atoms with van der Waals surface area (Å²) in [6, 6.07) is 25.6. The Hall–Kier alpha value is -3.02. The van der Waals surface area contributed by atoms with Crippen LogP contribution in [0.25, 0.3) is 0 Å². The van der Waals surface area contributed by atoms with E-state index in [1.165, 1.54) is 5.56 Å². The minimum Gasteiger partial charge on any atom is -0.493 e. The number of methoxy groups -OCH3 is 2. The molecule has 0 saturated heterocycles. The molecule has 3 aromatic carbocycles. The Morgan fingerprint density at radius 2 is 1.50 bits per heavy atom. The van der Waals surface area contributed by atoms with Crippen molar-refractivity contribution in [1.82, 2.24) is 4.90 Å². The zero-order chi connectivity index (χ0) is 21.2. The van der Waals surface area contributed by atoms with Gasteiger partial charge in [0.1, 0.15) is 18.5 Å². The van der Waals surface area contributed by atoms with Gasteiger partial charge in [-0.2, -0.15) is 0 Å². The average Bonchev–Trinajstić information content (AvgIpc) is 2.79. The van der Waals surface area contributed by atoms with Crippen LogP contribution in [-0.4, -0.2) is 43.5 Å². The smallest absolute Gasteiger partial charge is 0.165 e. The summed E-state index contributed by atoms with van der Waals surface area (Å²) in [5, 5.41) is 10.6. The molecule has 0 radical (unpaired) electrons. The van der Waals surface area contributed by atoms with Crippen LogP contribution in [0, 0.1) is 0 Å². The van der Waals surface area contributed by atoms with Gasteiger partial charge in [0.2, 0.25) is 0 Å². The molecule has 0 saturated carbocycles. The minimum absolute atomic E-state index is 0.227. The molecule has 158 valence electrons. The number of ether oxygens (including phenoxy) is 3. The molecule has 3 aromatic rings. The molecule has 1 N–H and O–H groups in total. The Bertz CT molecular complexity index is 886. The fraction of sp³-hybridized carbons (Fsp3) is 0.280. The van der Waals surface area contributed by atoms with Crippen LogP contribution in [0.4, 0.5) is 0 Å². The fourth-order valence-corrected chi connectivity index (χ4v) is 3.41. The van der Waals surface area contributed by atoms with Crippen LogP contribution in [-0.2, 0) is 13.1 Å². The van der Waals surface area contributed by atoms with Crippen molar-refractivity contribution < 1.29 is 19.3 Å². The van der Waals surface area contributed by atoms with Crippen LogP contribution in [0.1, 0.15) is 11.1 Å². The maximum atomic E-state index is 10.6. The van der Waals surface area contributed by atoms with Crippen LogP contribution in [0.3, 0.4) is 0 Å². The zero-order valence-electron chi connectivity index (χ0n) is 17.5. The highest BCUT2D eigenvalue weighted by molar-refractivity contribution is 5.46. The summed E-state index contributed by atoms with van der Waals surface area (Å²) < 4.78 is 16.8. The highest BCUT2D eigenvalue weighted by Crippen LogP contribution is 2.31. The molecule has 30 heavy (non-hydrogen) atoms. The SMILES string of the molecule is COc1cccc(CN(Cc2ccccc2)CC(O)COc2ccccc2)c1OC. The fourth-order valence-electron chi connectivity index (χ4n) is 3.41. The van der Waals surface area contributed by atoms with Gasteiger partial charge in [-0.05, 0) is 23.8 Å². The third-order valence-corrected chi connectivity index (χ3v) is 4.78. The standard InChI is InChI=1S/C25H29NO4/c1-28-24-15-9-12-21(25(24)29-2)17-26(16-20-10-5-3-6-11-20)18-22(27)19-30-23-13-7-4-8-14-23/h3-15,22,27H,16-19H2,1-2H3. The van der Waals surface area contributed by atoms with Crippen LogP contribution in [0.5, 0.6) is 17.2 Å². The summed E-state index contributed by atoms with van der Waals surface area (Å²) in [7, 11) is 3.28. The predicted molar refractivity (Wildman–Crippen MR) is 118 cm³/mol. The van der Waals surface area contributed by atoms with E-state index in [1.807, 2.05) is 66.7 Å². The van der Waals surface area contributed by atoms with E-state index in [1.54, 1.807) is 14.2 Å². The third kappa shape index (κ3) is 6.24. The lowest BCUT2D eigenvalue weighted by Crippen LogP contribution is -2.35. The van der Waals surface area contributed by atoms with Crippen LogP contribution in [0.2, 0.25) is 0 Å². The zero-order valence-corrected chi connectivity index (χ0v) is 17.5. The Morgan fingerprint density at radius 3 is 2.17 bits per heavy atom. The van der Waals surface area contributed by atoms with Crippen molar-refractivity contribution in [3.63, 3.8) is 0 Å². The lowest BCUT2D eigenvalue weighted by molar-refractivity contribution is 0.0625. The van der Waals surface area contributed by atoms with Crippen molar-refractivity contribution in [2.75, 3.05) is 27.4 Å². The molecule has 5 nitrogen and oxygen atoms in total. The van der Waals surface area contributed by atoms with E-state index < -0.39 is 6.10 Å². The number of rotatable bonds is 11. The average molecular weight is 408 g/mol. The maximum Gasteiger partial charge on any atom is 0.165 e. The van der Waals surface area contributed by atoms with E-state index in [2.05, 4.69) is 17.0 Å². The van der Waals surface area contributed by atoms with Gasteiger partial charge < -0.3 is 19.3 Å². The van der Waals surface area contributed by atoms with Gasteiger partial charge in [0.05, 0.1) is 14.2 Å². The van der Waals surface area contributed by atoms with Gasteiger partial charge in [-0.25, -0.2) is 0 Å². The molecule has 0 aromatic heterocycles. The lowest BCUT2D eigenvalue weighted by atomic mass is 10.1. The van der Waals surface area contributed by atoms with Crippen molar-refractivity contribution >= 4 is 0 Å². The molecule has 0 bridgehead atoms. The summed E-state index contributed by atoms with van der Waals surface area (Å²) in [6.07, 6.45) is -0.634. The van der Waals surface area contributed by atoms with Crippen molar-refractivity contribution in [3.05, 3.63) is 90.0 Å². The van der Waals surface area contributed by atoms with Gasteiger partial charge in [0.25, 0.3) is 0 Å². The Kier molecular flexibility index (Phi) is 8.12. The van der Waals surface area contributed by atoms with E-state index in [-0.39, 0.29) is 6.61 Å². The molecule has 1 unspecified atom stereocenters. The lowest BCUT2D eigenvalue weighted by Gasteiger charge is -2.26. The molecular weight excluding hydrogens is 378 g/mol. The summed E-state index contributed by atoms with van der Waals surface area (Å²) >= 11 is 0. The van der Waals surface area contributed by atoms with Crippen molar-refractivity contribution in [2.24, 2.45) is 0 Å². The number of para-hydroxylation sites is 2. The molecule has 0 fully saturated rings. The molecule has 0 aliphatic heterocycles. The number of hydrogen-bond donors (Lipinski definition) is 1. The molecule has 0 amide bonds. The van der Waals surface area contributed by atoms with E-state index in [4.69, 9.17) is 14.2 Å². The number of benzene rings is 3. The normalized spacial score (nSPS) is 11.9. The van der Waals surface area contributed by atoms with Gasteiger partial charge in [-0.3, -0.25) is 4.90 Å². The monoisotopic (exact) mass is 407 g/mol. The quantitative estimate of drug-likeness (QED) is 0.518. The minimum atomic E-state index is -0.634. The van der Waals surface area contributed by atoms with Gasteiger partial charge in [-0.1, -0.05) is 60.7 Å². The second-order valence-corrected chi connectivity index (χ2v) is 7.09. The predicted octanol–water partition coefficient (Wildman–Crippen LogP) is 4.15. The van der Waals surface area contributed by atoms with Gasteiger partial charge in [0, 0.05) is 25.2 Å². The van der Waals surface area contributed by atoms with Crippen LogP contribution < -0.4 is 14.2 Å². The van der Waals surface area contributed by atoms with Gasteiger partial charge in [-0.15, -0.1) is 0 Å². The Morgan fingerprint density at radius 1 is 0.800 bits per heavy atom. The Labute approximate surface area is 178 Å². The molecular formula is C25H29NO4. The summed E-state index contributed by atoms with van der Waals surface area (Å²) in [5.74, 6) is 2.16. The number of aliphatic hydroxyl groups excluding tert-OH is 1. The molecule has 5 heteroatoms. The van der Waals surface area contributed by atoms with E-state index in [0.29, 0.717) is 31.1 Å². The Balaban J connectivity index is 1.72. The first kappa shape index (κ1) is 21.7. The second-order valence-electron chi connectivity index (χ2n) is 7.09. The molecule has 0 spiro atoms. The second kappa shape index (κ2) is 11.2. The van der Waals surface area contributed by atoms with Crippen molar-refractivity contribution in [3.8, 4) is 17.2 Å². The van der Waals surface area contributed by atoms with Gasteiger partial charge in [0.15, 0.2) is 11.5 Å². The summed E-state index contributed by atoms with van der Waals surface area (Å²) in [4.78, 5) is 2.19. The van der Waals surface area contributed by atoms with Crippen LogP contribution in [0.15, 0.2) is 78.9 Å². The first-order chi connectivity index (χ1) is 14.7. The first-order valence-corrected chi connectivity index (χ1v) is 10.0. The number of nitrogens with zero attached hydrogens (tertiary/aromatic N) is 1. The number of hydrogen-bond acceptors (Lipinski definition) is 5. The highest BCUT2D eigenvalue weighted by Gasteiger charge is 2.17. The molecule has 3 rings (SSSR count). The summed E-state index contributed by atoms with van der Waals surface area (Å²) in [6.45, 7) is 1.99. The highest BCUT2D eigenvalue weighted by atomic mass is 16.5. The van der Waals surface area contributed by atoms with Gasteiger partial charge >= 0.3 is 0 Å². The molecule has 0 heterocycles. The van der Waals surface area contributed by atoms with E-state index in [9.17, 15) is 5.11 Å². The topological polar surface area (TPSA) is 51.2 Å². The number of aliphatic hydroxyl groups is 1. The third-order valence-electron chi connectivity index (χ3n) is 4.78. The van der Waals surface area contributed by atoms with Crippen LogP contribution >= 0.6 is 0 Å². The summed E-state index contributed by atoms with van der Waals surface area (Å²) in [5.41, 5.74) is 2.18. The maximum absolute atomic E-state index is 10.6.